The van der Waals surface area contributed by atoms with Crippen molar-refractivity contribution in [2.24, 2.45) is 0 Å². The number of nitrogens with zero attached hydrogens (tertiary/aromatic N) is 1. The Morgan fingerprint density at radius 1 is 1.38 bits per heavy atom. The molecular weight excluding hydrogens is 344 g/mol. The summed E-state index contributed by atoms with van der Waals surface area (Å²) in [4.78, 5) is 29.6. The summed E-state index contributed by atoms with van der Waals surface area (Å²) in [6.45, 7) is 1.61. The summed E-state index contributed by atoms with van der Waals surface area (Å²) in [6.07, 6.45) is 3.63. The van der Waals surface area contributed by atoms with Crippen LogP contribution in [0.1, 0.15) is 38.3 Å². The number of amides is 1. The van der Waals surface area contributed by atoms with E-state index in [1.54, 1.807) is 18.3 Å². The molecule has 1 saturated carbocycles. The van der Waals surface area contributed by atoms with Crippen molar-refractivity contribution in [3.63, 3.8) is 0 Å². The number of carbonyl (C=O) groups is 2. The monoisotopic (exact) mass is 364 g/mol. The third-order valence-electron chi connectivity index (χ3n) is 3.99. The third-order valence-corrected chi connectivity index (χ3v) is 5.92. The highest BCUT2D eigenvalue weighted by Gasteiger charge is 2.23. The van der Waals surface area contributed by atoms with Gasteiger partial charge >= 0.3 is 5.97 Å². The first-order valence-electron chi connectivity index (χ1n) is 8.10. The van der Waals surface area contributed by atoms with Crippen molar-refractivity contribution in [2.45, 2.75) is 51.2 Å². The number of esters is 1. The molecule has 1 atom stereocenters. The van der Waals surface area contributed by atoms with Gasteiger partial charge < -0.3 is 10.1 Å². The second-order valence-corrected chi connectivity index (χ2v) is 7.73. The van der Waals surface area contributed by atoms with Gasteiger partial charge in [-0.2, -0.15) is 0 Å². The minimum atomic E-state index is -0.770. The van der Waals surface area contributed by atoms with Crippen LogP contribution in [-0.2, 0) is 20.7 Å². The SMILES string of the molecule is CC(OC(=O)Cc1csc(-c2cccs2)n1)C(=O)NC1CCCC1. The number of nitrogens with one attached hydrogen (secondary N) is 1. The molecule has 1 unspecified atom stereocenters. The van der Waals surface area contributed by atoms with Crippen molar-refractivity contribution in [1.29, 1.82) is 0 Å². The molecule has 0 bridgehead atoms. The highest BCUT2D eigenvalue weighted by Crippen LogP contribution is 2.28. The molecule has 1 aliphatic rings. The molecule has 2 aromatic rings. The molecule has 0 spiro atoms. The van der Waals surface area contributed by atoms with Crippen molar-refractivity contribution in [3.05, 3.63) is 28.6 Å². The highest BCUT2D eigenvalue weighted by atomic mass is 32.1. The van der Waals surface area contributed by atoms with Crippen LogP contribution in [0.25, 0.3) is 9.88 Å². The Morgan fingerprint density at radius 2 is 2.17 bits per heavy atom. The fraction of sp³-hybridized carbons (Fsp3) is 0.471. The van der Waals surface area contributed by atoms with E-state index in [4.69, 9.17) is 4.74 Å². The zero-order valence-electron chi connectivity index (χ0n) is 13.5. The Bertz CT molecular complexity index is 691. The first kappa shape index (κ1) is 17.1. The van der Waals surface area contributed by atoms with Crippen molar-refractivity contribution in [1.82, 2.24) is 10.3 Å². The Balaban J connectivity index is 1.49. The maximum atomic E-state index is 12.0. The van der Waals surface area contributed by atoms with E-state index in [0.717, 1.165) is 35.6 Å². The largest absolute Gasteiger partial charge is 0.452 e. The van der Waals surface area contributed by atoms with Gasteiger partial charge in [0, 0.05) is 11.4 Å². The summed E-state index contributed by atoms with van der Waals surface area (Å²) in [5.74, 6) is -0.639. The average molecular weight is 364 g/mol. The molecule has 1 aliphatic carbocycles. The number of rotatable bonds is 6. The van der Waals surface area contributed by atoms with E-state index in [2.05, 4.69) is 10.3 Å². The Hall–Kier alpha value is -1.73. The fourth-order valence-electron chi connectivity index (χ4n) is 2.73. The summed E-state index contributed by atoms with van der Waals surface area (Å²) in [6, 6.07) is 4.20. The highest BCUT2D eigenvalue weighted by molar-refractivity contribution is 7.20. The third kappa shape index (κ3) is 4.42. The molecular formula is C17H20N2O3S2. The molecule has 5 nitrogen and oxygen atoms in total. The molecule has 1 N–H and O–H groups in total. The topological polar surface area (TPSA) is 68.3 Å². The lowest BCUT2D eigenvalue weighted by Crippen LogP contribution is -2.41. The molecule has 0 radical (unpaired) electrons. The number of carbonyl (C=O) groups excluding carboxylic acids is 2. The van der Waals surface area contributed by atoms with Crippen LogP contribution in [0.5, 0.6) is 0 Å². The lowest BCUT2D eigenvalue weighted by atomic mass is 10.2. The predicted molar refractivity (Wildman–Crippen MR) is 95.1 cm³/mol. The van der Waals surface area contributed by atoms with Crippen LogP contribution in [0.15, 0.2) is 22.9 Å². The standard InChI is InChI=1S/C17H20N2O3S2/c1-11(16(21)18-12-5-2-3-6-12)22-15(20)9-13-10-24-17(19-13)14-7-4-8-23-14/h4,7-8,10-12H,2-3,5-6,9H2,1H3,(H,18,21). The van der Waals surface area contributed by atoms with E-state index in [1.807, 2.05) is 22.9 Å². The van der Waals surface area contributed by atoms with Gasteiger partial charge in [-0.05, 0) is 31.2 Å². The zero-order chi connectivity index (χ0) is 16.9. The predicted octanol–water partition coefficient (Wildman–Crippen LogP) is 3.40. The van der Waals surface area contributed by atoms with Crippen LogP contribution in [0.3, 0.4) is 0 Å². The van der Waals surface area contributed by atoms with E-state index in [0.29, 0.717) is 5.69 Å². The minimum absolute atomic E-state index is 0.0862. The number of aromatic nitrogens is 1. The smallest absolute Gasteiger partial charge is 0.312 e. The molecule has 1 fully saturated rings. The van der Waals surface area contributed by atoms with Crippen LogP contribution in [0.4, 0.5) is 0 Å². The van der Waals surface area contributed by atoms with Gasteiger partial charge in [0.05, 0.1) is 17.0 Å². The van der Waals surface area contributed by atoms with Crippen molar-refractivity contribution < 1.29 is 14.3 Å². The molecule has 2 heterocycles. The maximum absolute atomic E-state index is 12.0. The van der Waals surface area contributed by atoms with Crippen molar-refractivity contribution >= 4 is 34.6 Å². The first-order chi connectivity index (χ1) is 11.6. The second-order valence-electron chi connectivity index (χ2n) is 5.92. The maximum Gasteiger partial charge on any atom is 0.312 e. The van der Waals surface area contributed by atoms with Crippen molar-refractivity contribution in [2.75, 3.05) is 0 Å². The van der Waals surface area contributed by atoms with Gasteiger partial charge in [0.25, 0.3) is 5.91 Å². The van der Waals surface area contributed by atoms with Gasteiger partial charge in [-0.15, -0.1) is 22.7 Å². The molecule has 2 aromatic heterocycles. The summed E-state index contributed by atoms with van der Waals surface area (Å²) in [5, 5.41) is 7.70. The van der Waals surface area contributed by atoms with Gasteiger partial charge in [-0.3, -0.25) is 9.59 Å². The summed E-state index contributed by atoms with van der Waals surface area (Å²) in [7, 11) is 0. The van der Waals surface area contributed by atoms with Crippen LogP contribution in [0.2, 0.25) is 0 Å². The molecule has 0 aromatic carbocycles. The van der Waals surface area contributed by atoms with E-state index in [9.17, 15) is 9.59 Å². The molecule has 1 amide bonds. The van der Waals surface area contributed by atoms with Crippen LogP contribution >= 0.6 is 22.7 Å². The number of thiophene rings is 1. The average Bonchev–Trinajstić information content (AvgIpc) is 3.29. The van der Waals surface area contributed by atoms with E-state index in [-0.39, 0.29) is 18.4 Å². The van der Waals surface area contributed by atoms with E-state index in [1.165, 1.54) is 11.3 Å². The van der Waals surface area contributed by atoms with Gasteiger partial charge in [0.2, 0.25) is 0 Å². The summed E-state index contributed by atoms with van der Waals surface area (Å²) >= 11 is 3.12. The lowest BCUT2D eigenvalue weighted by Gasteiger charge is -2.16. The zero-order valence-corrected chi connectivity index (χ0v) is 15.1. The number of ether oxygens (including phenoxy) is 1. The van der Waals surface area contributed by atoms with Gasteiger partial charge in [0.1, 0.15) is 5.01 Å². The molecule has 7 heteroatoms. The summed E-state index contributed by atoms with van der Waals surface area (Å²) in [5.41, 5.74) is 0.678. The number of hydrogen-bond donors (Lipinski definition) is 1. The van der Waals surface area contributed by atoms with Gasteiger partial charge in [0.15, 0.2) is 6.10 Å². The fourth-order valence-corrected chi connectivity index (χ4v) is 4.36. The number of hydrogen-bond acceptors (Lipinski definition) is 6. The Kier molecular flexibility index (Phi) is 5.63. The Morgan fingerprint density at radius 3 is 2.88 bits per heavy atom. The second kappa shape index (κ2) is 7.90. The number of thiazole rings is 1. The quantitative estimate of drug-likeness (QED) is 0.798. The first-order valence-corrected chi connectivity index (χ1v) is 9.86. The molecule has 128 valence electrons. The van der Waals surface area contributed by atoms with Gasteiger partial charge in [-0.1, -0.05) is 18.9 Å². The molecule has 3 rings (SSSR count). The minimum Gasteiger partial charge on any atom is -0.452 e. The van der Waals surface area contributed by atoms with Crippen molar-refractivity contribution in [3.8, 4) is 9.88 Å². The van der Waals surface area contributed by atoms with Gasteiger partial charge in [-0.25, -0.2) is 4.98 Å². The van der Waals surface area contributed by atoms with Crippen LogP contribution in [0, 0.1) is 0 Å². The molecule has 0 aliphatic heterocycles. The molecule has 0 saturated heterocycles. The van der Waals surface area contributed by atoms with Crippen LogP contribution < -0.4 is 5.32 Å². The molecule has 24 heavy (non-hydrogen) atoms. The van der Waals surface area contributed by atoms with Crippen LogP contribution in [-0.4, -0.2) is 29.0 Å². The lowest BCUT2D eigenvalue weighted by molar-refractivity contribution is -0.154. The summed E-state index contributed by atoms with van der Waals surface area (Å²) < 4.78 is 5.24. The normalized spacial score (nSPS) is 16.0. The van der Waals surface area contributed by atoms with E-state index >= 15 is 0 Å². The Labute approximate surface area is 149 Å². The van der Waals surface area contributed by atoms with E-state index < -0.39 is 12.1 Å².